The number of halogens is 1. The van der Waals surface area contributed by atoms with Crippen LogP contribution in [-0.4, -0.2) is 4.98 Å². The van der Waals surface area contributed by atoms with Gasteiger partial charge in [0.05, 0.1) is 5.39 Å². The molecule has 1 aromatic heterocycles. The molecule has 1 heterocycles. The van der Waals surface area contributed by atoms with Gasteiger partial charge in [0.2, 0.25) is 0 Å². The molecule has 0 atom stereocenters. The molecule has 0 fully saturated rings. The molecule has 0 bridgehead atoms. The Morgan fingerprint density at radius 3 is 2.47 bits per heavy atom. The number of hydrogen-bond acceptors (Lipinski definition) is 1. The first-order valence-electron chi connectivity index (χ1n) is 5.63. The number of pyridine rings is 1. The van der Waals surface area contributed by atoms with Gasteiger partial charge in [0.25, 0.3) is 5.56 Å². The van der Waals surface area contributed by atoms with Crippen molar-refractivity contribution in [2.24, 2.45) is 0 Å². The van der Waals surface area contributed by atoms with Crippen LogP contribution in [-0.2, 0) is 5.41 Å². The van der Waals surface area contributed by atoms with Crippen LogP contribution in [0.3, 0.4) is 0 Å². The Hall–Kier alpha value is -1.64. The van der Waals surface area contributed by atoms with Gasteiger partial charge in [-0.2, -0.15) is 0 Å². The van der Waals surface area contributed by atoms with Crippen LogP contribution >= 0.6 is 0 Å². The molecule has 3 heteroatoms. The van der Waals surface area contributed by atoms with Crippen LogP contribution in [0.2, 0.25) is 0 Å². The highest BCUT2D eigenvalue weighted by molar-refractivity contribution is 5.86. The molecule has 2 nitrogen and oxygen atoms in total. The van der Waals surface area contributed by atoms with Gasteiger partial charge in [-0.3, -0.25) is 4.79 Å². The minimum atomic E-state index is -0.421. The molecular formula is C14H16FNO. The SMILES string of the molecule is Cc1ccc2c(C(C)(C)C)c[nH]c(=O)c2c1F. The van der Waals surface area contributed by atoms with E-state index in [0.717, 1.165) is 5.56 Å². The number of H-pyrrole nitrogens is 1. The van der Waals surface area contributed by atoms with Gasteiger partial charge in [-0.1, -0.05) is 32.9 Å². The van der Waals surface area contributed by atoms with Crippen LogP contribution in [0.1, 0.15) is 31.9 Å². The van der Waals surface area contributed by atoms with Gasteiger partial charge in [0.1, 0.15) is 5.82 Å². The highest BCUT2D eigenvalue weighted by atomic mass is 19.1. The van der Waals surface area contributed by atoms with Crippen molar-refractivity contribution in [3.05, 3.63) is 45.6 Å². The highest BCUT2D eigenvalue weighted by Gasteiger charge is 2.20. The monoisotopic (exact) mass is 233 g/mol. The molecular weight excluding hydrogens is 217 g/mol. The maximum absolute atomic E-state index is 14.0. The van der Waals surface area contributed by atoms with Crippen LogP contribution < -0.4 is 5.56 Å². The summed E-state index contributed by atoms with van der Waals surface area (Å²) in [7, 11) is 0. The van der Waals surface area contributed by atoms with E-state index in [0.29, 0.717) is 10.9 Å². The van der Waals surface area contributed by atoms with E-state index >= 15 is 0 Å². The Morgan fingerprint density at radius 1 is 1.24 bits per heavy atom. The summed E-state index contributed by atoms with van der Waals surface area (Å²) in [6.07, 6.45) is 1.68. The van der Waals surface area contributed by atoms with Gasteiger partial charge in [-0.15, -0.1) is 0 Å². The first-order chi connectivity index (χ1) is 7.82. The third kappa shape index (κ3) is 1.86. The van der Waals surface area contributed by atoms with Crippen molar-refractivity contribution in [3.8, 4) is 0 Å². The summed E-state index contributed by atoms with van der Waals surface area (Å²) in [5.41, 5.74) is 0.943. The van der Waals surface area contributed by atoms with E-state index in [1.54, 1.807) is 19.2 Å². The Kier molecular flexibility index (Phi) is 2.57. The molecule has 0 radical (unpaired) electrons. The van der Waals surface area contributed by atoms with Gasteiger partial charge in [0.15, 0.2) is 0 Å². The van der Waals surface area contributed by atoms with Crippen molar-refractivity contribution in [1.29, 1.82) is 0 Å². The summed E-state index contributed by atoms with van der Waals surface area (Å²) < 4.78 is 14.0. The lowest BCUT2D eigenvalue weighted by molar-refractivity contribution is 0.591. The molecule has 2 aromatic rings. The van der Waals surface area contributed by atoms with Crippen molar-refractivity contribution in [3.63, 3.8) is 0 Å². The number of hydrogen-bond donors (Lipinski definition) is 1. The summed E-state index contributed by atoms with van der Waals surface area (Å²) in [6.45, 7) is 7.78. The van der Waals surface area contributed by atoms with Gasteiger partial charge in [-0.25, -0.2) is 4.39 Å². The molecule has 1 N–H and O–H groups in total. The molecule has 90 valence electrons. The zero-order valence-corrected chi connectivity index (χ0v) is 10.5. The fourth-order valence-corrected chi connectivity index (χ4v) is 2.03. The van der Waals surface area contributed by atoms with E-state index in [9.17, 15) is 9.18 Å². The van der Waals surface area contributed by atoms with Gasteiger partial charge in [-0.05, 0) is 28.9 Å². The fourth-order valence-electron chi connectivity index (χ4n) is 2.03. The second-order valence-corrected chi connectivity index (χ2v) is 5.40. The second-order valence-electron chi connectivity index (χ2n) is 5.40. The highest BCUT2D eigenvalue weighted by Crippen LogP contribution is 2.29. The topological polar surface area (TPSA) is 32.9 Å². The third-order valence-corrected chi connectivity index (χ3v) is 3.01. The first-order valence-corrected chi connectivity index (χ1v) is 5.63. The standard InChI is InChI=1S/C14H16FNO/c1-8-5-6-9-10(14(2,3)4)7-16-13(17)11(9)12(8)15/h5-7H,1-4H3,(H,16,17). The lowest BCUT2D eigenvalue weighted by Crippen LogP contribution is -2.17. The Morgan fingerprint density at radius 2 is 1.88 bits per heavy atom. The molecule has 0 spiro atoms. The fraction of sp³-hybridized carbons (Fsp3) is 0.357. The summed E-state index contributed by atoms with van der Waals surface area (Å²) in [4.78, 5) is 14.4. The number of aryl methyl sites for hydroxylation is 1. The Labute approximate surface area is 99.5 Å². The van der Waals surface area contributed by atoms with E-state index < -0.39 is 5.82 Å². The predicted octanol–water partition coefficient (Wildman–Crippen LogP) is 3.27. The van der Waals surface area contributed by atoms with Crippen molar-refractivity contribution in [1.82, 2.24) is 4.98 Å². The third-order valence-electron chi connectivity index (χ3n) is 3.01. The van der Waals surface area contributed by atoms with Gasteiger partial charge >= 0.3 is 0 Å². The molecule has 2 rings (SSSR count). The lowest BCUT2D eigenvalue weighted by atomic mass is 9.85. The van der Waals surface area contributed by atoms with Crippen LogP contribution in [0, 0.1) is 12.7 Å². The molecule has 0 aliphatic heterocycles. The minimum absolute atomic E-state index is 0.135. The first kappa shape index (κ1) is 11.8. The summed E-state index contributed by atoms with van der Waals surface area (Å²) >= 11 is 0. The van der Waals surface area contributed by atoms with E-state index in [4.69, 9.17) is 0 Å². The largest absolute Gasteiger partial charge is 0.328 e. The molecule has 0 aliphatic rings. The zero-order valence-electron chi connectivity index (χ0n) is 10.5. The quantitative estimate of drug-likeness (QED) is 0.744. The van der Waals surface area contributed by atoms with Crippen LogP contribution in [0.15, 0.2) is 23.1 Å². The van der Waals surface area contributed by atoms with Gasteiger partial charge in [0, 0.05) is 6.20 Å². The number of nitrogens with one attached hydrogen (secondary N) is 1. The summed E-state index contributed by atoms with van der Waals surface area (Å²) in [6, 6.07) is 3.54. The van der Waals surface area contributed by atoms with E-state index in [1.165, 1.54) is 0 Å². The maximum atomic E-state index is 14.0. The normalized spacial score (nSPS) is 12.1. The molecule has 17 heavy (non-hydrogen) atoms. The van der Waals surface area contributed by atoms with E-state index in [-0.39, 0.29) is 16.4 Å². The Balaban J connectivity index is 2.99. The molecule has 0 amide bonds. The second kappa shape index (κ2) is 3.69. The predicted molar refractivity (Wildman–Crippen MR) is 68.0 cm³/mol. The number of aromatic nitrogens is 1. The molecule has 0 saturated carbocycles. The Bertz CT molecular complexity index is 635. The van der Waals surface area contributed by atoms with Crippen LogP contribution in [0.5, 0.6) is 0 Å². The van der Waals surface area contributed by atoms with Crippen LogP contribution in [0.4, 0.5) is 4.39 Å². The minimum Gasteiger partial charge on any atom is -0.328 e. The van der Waals surface area contributed by atoms with Crippen molar-refractivity contribution in [2.75, 3.05) is 0 Å². The number of aromatic amines is 1. The van der Waals surface area contributed by atoms with E-state index in [1.807, 2.05) is 26.8 Å². The van der Waals surface area contributed by atoms with Crippen LogP contribution in [0.25, 0.3) is 10.8 Å². The average molecular weight is 233 g/mol. The maximum Gasteiger partial charge on any atom is 0.258 e. The molecule has 0 saturated heterocycles. The molecule has 1 aromatic carbocycles. The summed E-state index contributed by atoms with van der Waals surface area (Å²) in [5.74, 6) is -0.421. The van der Waals surface area contributed by atoms with Crippen molar-refractivity contribution < 1.29 is 4.39 Å². The number of fused-ring (bicyclic) bond motifs is 1. The van der Waals surface area contributed by atoms with E-state index in [2.05, 4.69) is 4.98 Å². The zero-order chi connectivity index (χ0) is 12.8. The number of benzene rings is 1. The van der Waals surface area contributed by atoms with Gasteiger partial charge < -0.3 is 4.98 Å². The summed E-state index contributed by atoms with van der Waals surface area (Å²) in [5, 5.41) is 0.863. The average Bonchev–Trinajstić information content (AvgIpc) is 2.21. The molecule has 0 unspecified atom stereocenters. The molecule has 0 aliphatic carbocycles. The lowest BCUT2D eigenvalue weighted by Gasteiger charge is -2.21. The van der Waals surface area contributed by atoms with Crippen molar-refractivity contribution in [2.45, 2.75) is 33.1 Å². The van der Waals surface area contributed by atoms with Crippen molar-refractivity contribution >= 4 is 10.8 Å². The smallest absolute Gasteiger partial charge is 0.258 e. The number of rotatable bonds is 0.